The van der Waals surface area contributed by atoms with Crippen molar-refractivity contribution in [3.8, 4) is 0 Å². The number of likely N-dealkylation sites (N-methyl/N-ethyl adjacent to an activating group) is 1. The van der Waals surface area contributed by atoms with Crippen LogP contribution < -0.4 is 20.9 Å². The van der Waals surface area contributed by atoms with E-state index in [9.17, 15) is 9.59 Å². The van der Waals surface area contributed by atoms with Gasteiger partial charge in [0.2, 0.25) is 11.9 Å². The average molecular weight is 547 g/mol. The van der Waals surface area contributed by atoms with Crippen molar-refractivity contribution in [3.05, 3.63) is 94.1 Å². The summed E-state index contributed by atoms with van der Waals surface area (Å²) in [5, 5.41) is 9.95. The van der Waals surface area contributed by atoms with Gasteiger partial charge in [-0.25, -0.2) is 4.98 Å². The van der Waals surface area contributed by atoms with Crippen LogP contribution in [0.4, 0.5) is 34.5 Å². The monoisotopic (exact) mass is 546 g/mol. The number of nitrogens with one attached hydrogen (secondary N) is 3. The fourth-order valence-electron chi connectivity index (χ4n) is 4.29. The lowest BCUT2D eigenvalue weighted by Crippen LogP contribution is -2.33. The second-order valence-corrected chi connectivity index (χ2v) is 10.2. The molecule has 0 radical (unpaired) electrons. The number of carbonyl (C=O) groups excluding carboxylic acids is 2. The number of para-hydroxylation sites is 1. The maximum Gasteiger partial charge on any atom is 0.255 e. The highest BCUT2D eigenvalue weighted by Gasteiger charge is 2.42. The minimum absolute atomic E-state index is 0.0474. The van der Waals surface area contributed by atoms with E-state index in [0.29, 0.717) is 38.7 Å². The molecule has 0 atom stereocenters. The first-order valence-electron chi connectivity index (χ1n) is 11.8. The average Bonchev–Trinajstić information content (AvgIpc) is 3.07. The van der Waals surface area contributed by atoms with Crippen LogP contribution in [0.1, 0.15) is 29.8 Å². The van der Waals surface area contributed by atoms with Crippen LogP contribution in [-0.2, 0) is 10.2 Å². The molecule has 0 aliphatic carbocycles. The predicted molar refractivity (Wildman–Crippen MR) is 152 cm³/mol. The lowest BCUT2D eigenvalue weighted by atomic mass is 9.86. The molecule has 38 heavy (non-hydrogen) atoms. The minimum Gasteiger partial charge on any atom is -0.339 e. The van der Waals surface area contributed by atoms with Gasteiger partial charge in [0.15, 0.2) is 5.82 Å². The van der Waals surface area contributed by atoms with Crippen LogP contribution in [0, 0.1) is 0 Å². The van der Waals surface area contributed by atoms with Crippen LogP contribution in [0.15, 0.2) is 72.9 Å². The van der Waals surface area contributed by atoms with Crippen molar-refractivity contribution in [2.24, 2.45) is 0 Å². The summed E-state index contributed by atoms with van der Waals surface area (Å²) in [7, 11) is 1.78. The third-order valence-electron chi connectivity index (χ3n) is 6.40. The summed E-state index contributed by atoms with van der Waals surface area (Å²) in [6.07, 6.45) is 1.50. The molecule has 0 bridgehead atoms. The molecule has 10 heteroatoms. The van der Waals surface area contributed by atoms with Crippen LogP contribution in [0.2, 0.25) is 10.0 Å². The predicted octanol–water partition coefficient (Wildman–Crippen LogP) is 6.78. The van der Waals surface area contributed by atoms with Crippen LogP contribution in [0.3, 0.4) is 0 Å². The summed E-state index contributed by atoms with van der Waals surface area (Å²) >= 11 is 12.5. The quantitative estimate of drug-likeness (QED) is 0.246. The van der Waals surface area contributed by atoms with Crippen molar-refractivity contribution in [1.82, 2.24) is 9.97 Å². The third-order valence-corrected chi connectivity index (χ3v) is 7.01. The highest BCUT2D eigenvalue weighted by atomic mass is 35.5. The van der Waals surface area contributed by atoms with E-state index in [1.165, 1.54) is 6.20 Å². The zero-order chi connectivity index (χ0) is 27.0. The molecule has 2 heterocycles. The van der Waals surface area contributed by atoms with E-state index in [-0.39, 0.29) is 11.8 Å². The van der Waals surface area contributed by atoms with Gasteiger partial charge in [-0.1, -0.05) is 35.3 Å². The molecule has 2 amide bonds. The fourth-order valence-corrected chi connectivity index (χ4v) is 4.61. The van der Waals surface area contributed by atoms with Gasteiger partial charge in [0.25, 0.3) is 5.91 Å². The Bertz CT molecular complexity index is 1560. The van der Waals surface area contributed by atoms with Crippen LogP contribution >= 0.6 is 23.2 Å². The largest absolute Gasteiger partial charge is 0.339 e. The summed E-state index contributed by atoms with van der Waals surface area (Å²) < 4.78 is 0. The van der Waals surface area contributed by atoms with Crippen molar-refractivity contribution in [3.63, 3.8) is 0 Å². The number of amides is 2. The first kappa shape index (κ1) is 25.5. The van der Waals surface area contributed by atoms with E-state index in [4.69, 9.17) is 23.2 Å². The molecule has 0 saturated heterocycles. The smallest absolute Gasteiger partial charge is 0.255 e. The number of halogens is 2. The maximum absolute atomic E-state index is 12.6. The molecule has 3 aromatic carbocycles. The Morgan fingerprint density at radius 2 is 1.63 bits per heavy atom. The molecular formula is C28H24Cl2N6O2. The van der Waals surface area contributed by atoms with Gasteiger partial charge in [-0.15, -0.1) is 0 Å². The van der Waals surface area contributed by atoms with E-state index in [0.717, 1.165) is 16.9 Å². The summed E-state index contributed by atoms with van der Waals surface area (Å²) in [4.78, 5) is 35.7. The molecule has 0 spiro atoms. The van der Waals surface area contributed by atoms with Crippen molar-refractivity contribution >= 4 is 69.5 Å². The Labute approximate surface area is 230 Å². The van der Waals surface area contributed by atoms with E-state index in [2.05, 4.69) is 25.9 Å². The number of rotatable bonds is 6. The summed E-state index contributed by atoms with van der Waals surface area (Å²) in [6, 6.07) is 19.6. The molecule has 0 unspecified atom stereocenters. The maximum atomic E-state index is 12.6. The number of aromatic nitrogens is 2. The van der Waals surface area contributed by atoms with Gasteiger partial charge >= 0.3 is 0 Å². The molecule has 1 aliphatic heterocycles. The first-order chi connectivity index (χ1) is 18.1. The van der Waals surface area contributed by atoms with Gasteiger partial charge in [0.1, 0.15) is 5.02 Å². The number of benzene rings is 3. The highest BCUT2D eigenvalue weighted by molar-refractivity contribution is 6.34. The zero-order valence-electron chi connectivity index (χ0n) is 20.8. The Morgan fingerprint density at radius 3 is 2.37 bits per heavy atom. The summed E-state index contributed by atoms with van der Waals surface area (Å²) in [5.74, 6) is 0.504. The Balaban J connectivity index is 1.30. The third kappa shape index (κ3) is 4.88. The van der Waals surface area contributed by atoms with Gasteiger partial charge in [0.05, 0.1) is 22.3 Å². The van der Waals surface area contributed by atoms with Gasteiger partial charge in [-0.2, -0.15) is 4.98 Å². The number of hydrogen-bond donors (Lipinski definition) is 3. The zero-order valence-corrected chi connectivity index (χ0v) is 22.4. The Hall–Kier alpha value is -4.14. The highest BCUT2D eigenvalue weighted by Crippen LogP contribution is 2.42. The molecular weight excluding hydrogens is 523 g/mol. The summed E-state index contributed by atoms with van der Waals surface area (Å²) in [6.45, 7) is 3.82. The van der Waals surface area contributed by atoms with E-state index >= 15 is 0 Å². The van der Waals surface area contributed by atoms with Crippen LogP contribution in [0.5, 0.6) is 0 Å². The molecule has 1 aliphatic rings. The molecule has 0 fully saturated rings. The molecule has 192 valence electrons. The van der Waals surface area contributed by atoms with Gasteiger partial charge in [-0.05, 0) is 74.0 Å². The van der Waals surface area contributed by atoms with Crippen molar-refractivity contribution in [2.75, 3.05) is 27.9 Å². The van der Waals surface area contributed by atoms with Crippen LogP contribution in [-0.4, -0.2) is 28.8 Å². The molecule has 4 aromatic rings. The summed E-state index contributed by atoms with van der Waals surface area (Å²) in [5.41, 5.74) is 3.64. The minimum atomic E-state index is -0.619. The topological polar surface area (TPSA) is 99.3 Å². The SMILES string of the molecule is CN1C(=O)C(C)(C)c2cc(Nc3ncc(Cl)c(Nc4ccc(C(=O)Nc5ccccc5Cl)cc4)n3)ccc21. The lowest BCUT2D eigenvalue weighted by Gasteiger charge is -2.17. The van der Waals surface area contributed by atoms with Gasteiger partial charge in [-0.3, -0.25) is 9.59 Å². The van der Waals surface area contributed by atoms with E-state index in [1.54, 1.807) is 60.5 Å². The van der Waals surface area contributed by atoms with Crippen molar-refractivity contribution in [2.45, 2.75) is 19.3 Å². The molecule has 5 rings (SSSR count). The molecule has 0 saturated carbocycles. The molecule has 1 aromatic heterocycles. The number of carbonyl (C=O) groups is 2. The number of hydrogen-bond acceptors (Lipinski definition) is 6. The number of anilines is 6. The molecule has 8 nitrogen and oxygen atoms in total. The normalized spacial score (nSPS) is 13.7. The first-order valence-corrected chi connectivity index (χ1v) is 12.5. The Morgan fingerprint density at radius 1 is 0.921 bits per heavy atom. The lowest BCUT2D eigenvalue weighted by molar-refractivity contribution is -0.121. The van der Waals surface area contributed by atoms with E-state index in [1.807, 2.05) is 32.0 Å². The standard InChI is InChI=1S/C28H24Cl2N6O2/c1-28(2)19-14-18(12-13-23(19)36(3)26(28)38)33-27-31-15-21(30)24(35-27)32-17-10-8-16(9-11-17)25(37)34-22-7-5-4-6-20(22)29/h4-15H,1-3H3,(H,34,37)(H2,31,32,33,35). The fraction of sp³-hybridized carbons (Fsp3) is 0.143. The van der Waals surface area contributed by atoms with Crippen LogP contribution in [0.25, 0.3) is 0 Å². The molecule has 3 N–H and O–H groups in total. The number of fused-ring (bicyclic) bond motifs is 1. The number of nitrogens with zero attached hydrogens (tertiary/aromatic N) is 3. The van der Waals surface area contributed by atoms with Gasteiger partial charge < -0.3 is 20.9 Å². The van der Waals surface area contributed by atoms with Gasteiger partial charge in [0, 0.05) is 29.7 Å². The van der Waals surface area contributed by atoms with E-state index < -0.39 is 5.41 Å². The van der Waals surface area contributed by atoms with Crippen molar-refractivity contribution < 1.29 is 9.59 Å². The van der Waals surface area contributed by atoms with Crippen molar-refractivity contribution in [1.29, 1.82) is 0 Å². The second kappa shape index (κ2) is 9.96. The second-order valence-electron chi connectivity index (χ2n) is 9.37. The Kier molecular flexibility index (Phi) is 6.69.